The molecule has 0 aliphatic heterocycles. The summed E-state index contributed by atoms with van der Waals surface area (Å²) < 4.78 is 27.6. The fourth-order valence-corrected chi connectivity index (χ4v) is 3.71. The number of H-pyrrole nitrogens is 1. The predicted molar refractivity (Wildman–Crippen MR) is 89.1 cm³/mol. The zero-order valence-electron chi connectivity index (χ0n) is 11.7. The molecule has 0 atom stereocenters. The molecule has 23 heavy (non-hydrogen) atoms. The van der Waals surface area contributed by atoms with Gasteiger partial charge >= 0.3 is 0 Å². The second-order valence-corrected chi connectivity index (χ2v) is 6.95. The molecule has 0 radical (unpaired) electrons. The van der Waals surface area contributed by atoms with Crippen molar-refractivity contribution in [1.29, 1.82) is 0 Å². The maximum atomic E-state index is 12.6. The van der Waals surface area contributed by atoms with Crippen LogP contribution in [0, 0.1) is 0 Å². The van der Waals surface area contributed by atoms with E-state index in [0.717, 1.165) is 0 Å². The minimum absolute atomic E-state index is 0.0587. The largest absolute Gasteiger partial charge is 0.366 e. The van der Waals surface area contributed by atoms with Crippen molar-refractivity contribution < 1.29 is 13.2 Å². The first kappa shape index (κ1) is 15.4. The third kappa shape index (κ3) is 2.88. The van der Waals surface area contributed by atoms with Crippen LogP contribution in [0.4, 0.5) is 5.69 Å². The maximum Gasteiger partial charge on any atom is 0.264 e. The Morgan fingerprint density at radius 2 is 1.91 bits per heavy atom. The number of carbonyl (C=O) groups is 1. The molecule has 3 aromatic rings. The number of sulfonamides is 1. The molecule has 2 aromatic carbocycles. The Kier molecular flexibility index (Phi) is 3.75. The number of para-hydroxylation sites is 1. The van der Waals surface area contributed by atoms with Gasteiger partial charge in [0.25, 0.3) is 15.9 Å². The summed E-state index contributed by atoms with van der Waals surface area (Å²) in [6.45, 7) is 0. The highest BCUT2D eigenvalue weighted by Crippen LogP contribution is 2.27. The Morgan fingerprint density at radius 3 is 2.65 bits per heavy atom. The fraction of sp³-hybridized carbons (Fsp3) is 0. The number of aromatic amines is 1. The third-order valence-electron chi connectivity index (χ3n) is 3.33. The Labute approximate surface area is 137 Å². The van der Waals surface area contributed by atoms with E-state index in [-0.39, 0.29) is 16.1 Å². The summed E-state index contributed by atoms with van der Waals surface area (Å²) >= 11 is 5.89. The number of amides is 1. The Bertz CT molecular complexity index is 1010. The van der Waals surface area contributed by atoms with Gasteiger partial charge in [-0.05, 0) is 30.3 Å². The Hall–Kier alpha value is -2.51. The number of nitrogens with one attached hydrogen (secondary N) is 2. The number of aromatic nitrogens is 1. The minimum Gasteiger partial charge on any atom is -0.366 e. The lowest BCUT2D eigenvalue weighted by Crippen LogP contribution is -2.18. The van der Waals surface area contributed by atoms with E-state index in [0.29, 0.717) is 15.9 Å². The summed E-state index contributed by atoms with van der Waals surface area (Å²) in [5.74, 6) is -0.714. The summed E-state index contributed by atoms with van der Waals surface area (Å²) in [6.07, 6.45) is 1.37. The highest BCUT2D eigenvalue weighted by Gasteiger charge is 2.21. The van der Waals surface area contributed by atoms with Gasteiger partial charge < -0.3 is 10.7 Å². The Balaban J connectivity index is 2.07. The lowest BCUT2D eigenvalue weighted by Gasteiger charge is -2.10. The highest BCUT2D eigenvalue weighted by molar-refractivity contribution is 7.93. The molecule has 0 unspecified atom stereocenters. The number of benzene rings is 2. The summed E-state index contributed by atoms with van der Waals surface area (Å²) in [6, 6.07) is 11.0. The third-order valence-corrected chi connectivity index (χ3v) is 4.97. The van der Waals surface area contributed by atoms with Gasteiger partial charge in [-0.2, -0.15) is 0 Å². The molecular weight excluding hydrogens is 338 g/mol. The molecule has 0 saturated heterocycles. The van der Waals surface area contributed by atoms with Crippen LogP contribution in [0.15, 0.2) is 53.6 Å². The van der Waals surface area contributed by atoms with Crippen LogP contribution >= 0.6 is 11.6 Å². The van der Waals surface area contributed by atoms with E-state index >= 15 is 0 Å². The van der Waals surface area contributed by atoms with Crippen LogP contribution in [0.1, 0.15) is 10.4 Å². The molecule has 0 bridgehead atoms. The van der Waals surface area contributed by atoms with Gasteiger partial charge in [0.2, 0.25) is 0 Å². The summed E-state index contributed by atoms with van der Waals surface area (Å²) in [5, 5.41) is 0.994. The number of rotatable bonds is 4. The lowest BCUT2D eigenvalue weighted by molar-refractivity contribution is 0.100. The van der Waals surface area contributed by atoms with Gasteiger partial charge in [0, 0.05) is 22.1 Å². The monoisotopic (exact) mass is 349 g/mol. The predicted octanol–water partition coefficient (Wildman–Crippen LogP) is 2.72. The number of halogens is 1. The van der Waals surface area contributed by atoms with Gasteiger partial charge in [0.15, 0.2) is 0 Å². The molecule has 6 nitrogen and oxygen atoms in total. The molecular formula is C15H12ClN3O3S. The molecule has 8 heteroatoms. The number of carbonyl (C=O) groups excluding carboxylic acids is 1. The molecule has 1 aromatic heterocycles. The van der Waals surface area contributed by atoms with Crippen LogP contribution in [0.2, 0.25) is 5.02 Å². The number of hydrogen-bond acceptors (Lipinski definition) is 3. The molecule has 1 amide bonds. The number of fused-ring (bicyclic) bond motifs is 1. The summed E-state index contributed by atoms with van der Waals surface area (Å²) in [7, 11) is -3.90. The van der Waals surface area contributed by atoms with E-state index in [1.807, 2.05) is 0 Å². The quantitative estimate of drug-likeness (QED) is 0.674. The van der Waals surface area contributed by atoms with Crippen LogP contribution in [-0.4, -0.2) is 19.3 Å². The van der Waals surface area contributed by atoms with Crippen molar-refractivity contribution in [3.63, 3.8) is 0 Å². The molecule has 0 aliphatic rings. The molecule has 0 saturated carbocycles. The van der Waals surface area contributed by atoms with Crippen LogP contribution in [0.3, 0.4) is 0 Å². The average molecular weight is 350 g/mol. The smallest absolute Gasteiger partial charge is 0.264 e. The first-order chi connectivity index (χ1) is 10.9. The average Bonchev–Trinajstić information content (AvgIpc) is 2.90. The van der Waals surface area contributed by atoms with E-state index in [1.54, 1.807) is 30.3 Å². The van der Waals surface area contributed by atoms with Crippen molar-refractivity contribution in [3.8, 4) is 0 Å². The minimum atomic E-state index is -3.90. The van der Waals surface area contributed by atoms with E-state index in [1.165, 1.54) is 18.3 Å². The summed E-state index contributed by atoms with van der Waals surface area (Å²) in [5.41, 5.74) is 6.09. The number of nitrogens with two attached hydrogens (primary N) is 1. The zero-order valence-corrected chi connectivity index (χ0v) is 13.3. The van der Waals surface area contributed by atoms with Gasteiger partial charge in [0.1, 0.15) is 4.90 Å². The lowest BCUT2D eigenvalue weighted by atomic mass is 10.2. The van der Waals surface area contributed by atoms with Crippen LogP contribution in [-0.2, 0) is 10.0 Å². The number of anilines is 1. The molecule has 118 valence electrons. The van der Waals surface area contributed by atoms with E-state index in [9.17, 15) is 13.2 Å². The van der Waals surface area contributed by atoms with Gasteiger partial charge in [-0.1, -0.05) is 23.7 Å². The number of hydrogen-bond donors (Lipinski definition) is 3. The van der Waals surface area contributed by atoms with Gasteiger partial charge in [0.05, 0.1) is 11.3 Å². The molecule has 0 spiro atoms. The van der Waals surface area contributed by atoms with Gasteiger partial charge in [-0.3, -0.25) is 9.52 Å². The second kappa shape index (κ2) is 5.60. The molecule has 0 aliphatic carbocycles. The van der Waals surface area contributed by atoms with Crippen LogP contribution in [0.25, 0.3) is 10.9 Å². The van der Waals surface area contributed by atoms with E-state index in [2.05, 4.69) is 9.71 Å². The zero-order chi connectivity index (χ0) is 16.6. The second-order valence-electron chi connectivity index (χ2n) is 4.86. The van der Waals surface area contributed by atoms with Gasteiger partial charge in [-0.15, -0.1) is 0 Å². The SMILES string of the molecule is NC(=O)c1ccccc1NS(=O)(=O)c1c[nH]c2cc(Cl)ccc12. The van der Waals surface area contributed by atoms with Crippen LogP contribution < -0.4 is 10.5 Å². The standard InChI is InChI=1S/C15H12ClN3O3S/c16-9-5-6-10-13(7-9)18-8-14(10)23(21,22)19-12-4-2-1-3-11(12)15(17)20/h1-8,18-19H,(H2,17,20). The van der Waals surface area contributed by atoms with Crippen molar-refractivity contribution in [2.45, 2.75) is 4.90 Å². The maximum absolute atomic E-state index is 12.6. The van der Waals surface area contributed by atoms with Crippen molar-refractivity contribution >= 4 is 44.1 Å². The Morgan fingerprint density at radius 1 is 1.17 bits per heavy atom. The van der Waals surface area contributed by atoms with E-state index < -0.39 is 15.9 Å². The molecule has 3 rings (SSSR count). The topological polar surface area (TPSA) is 105 Å². The van der Waals surface area contributed by atoms with Crippen molar-refractivity contribution in [2.75, 3.05) is 4.72 Å². The highest BCUT2D eigenvalue weighted by atomic mass is 35.5. The molecule has 4 N–H and O–H groups in total. The fourth-order valence-electron chi connectivity index (χ4n) is 2.28. The van der Waals surface area contributed by atoms with E-state index in [4.69, 9.17) is 17.3 Å². The van der Waals surface area contributed by atoms with Gasteiger partial charge in [-0.25, -0.2) is 8.42 Å². The molecule has 0 fully saturated rings. The molecule has 1 heterocycles. The first-order valence-electron chi connectivity index (χ1n) is 6.57. The summed E-state index contributed by atoms with van der Waals surface area (Å²) in [4.78, 5) is 14.3. The first-order valence-corrected chi connectivity index (χ1v) is 8.43. The van der Waals surface area contributed by atoms with Crippen LogP contribution in [0.5, 0.6) is 0 Å². The van der Waals surface area contributed by atoms with Crippen molar-refractivity contribution in [3.05, 3.63) is 59.2 Å². The van der Waals surface area contributed by atoms with Crippen molar-refractivity contribution in [2.24, 2.45) is 5.73 Å². The van der Waals surface area contributed by atoms with Crippen molar-refractivity contribution in [1.82, 2.24) is 4.98 Å². The number of primary amides is 1. The normalized spacial score (nSPS) is 11.5.